The molecule has 1 rings (SSSR count). The minimum Gasteiger partial charge on any atom is -0.297 e. The van der Waals surface area contributed by atoms with E-state index >= 15 is 0 Å². The zero-order chi connectivity index (χ0) is 11.6. The van der Waals surface area contributed by atoms with Gasteiger partial charge in [-0.1, -0.05) is 32.4 Å². The molecule has 15 heavy (non-hydrogen) atoms. The number of hydrogen-bond donors (Lipinski definition) is 0. The molecule has 0 unspecified atom stereocenters. The number of aryl methyl sites for hydroxylation is 1. The van der Waals surface area contributed by atoms with Gasteiger partial charge in [0.25, 0.3) is 5.56 Å². The molecule has 0 fully saturated rings. The van der Waals surface area contributed by atoms with Crippen LogP contribution in [0, 0.1) is 12.3 Å². The van der Waals surface area contributed by atoms with Gasteiger partial charge < -0.3 is 0 Å². The number of hydrogen-bond acceptors (Lipinski definition) is 2. The van der Waals surface area contributed by atoms with Crippen LogP contribution < -0.4 is 5.56 Å². The van der Waals surface area contributed by atoms with E-state index in [0.717, 1.165) is 6.42 Å². The molecule has 0 saturated heterocycles. The number of aromatic nitrogens is 2. The molecule has 0 N–H and O–H groups in total. The van der Waals surface area contributed by atoms with Crippen molar-refractivity contribution in [1.82, 2.24) is 9.55 Å². The summed E-state index contributed by atoms with van der Waals surface area (Å²) in [6.45, 7) is 8.94. The second-order valence-electron chi connectivity index (χ2n) is 4.93. The fraction of sp³-hybridized carbons (Fsp3) is 0.636. The zero-order valence-electron chi connectivity index (χ0n) is 9.67. The first-order valence-corrected chi connectivity index (χ1v) is 5.41. The van der Waals surface area contributed by atoms with E-state index in [0.29, 0.717) is 12.4 Å². The van der Waals surface area contributed by atoms with Gasteiger partial charge in [-0.25, -0.2) is 4.98 Å². The summed E-state index contributed by atoms with van der Waals surface area (Å²) in [5.74, 6) is 0.678. The van der Waals surface area contributed by atoms with Gasteiger partial charge in [-0.15, -0.1) is 0 Å². The molecule has 0 aromatic carbocycles. The van der Waals surface area contributed by atoms with Crippen LogP contribution in [0.2, 0.25) is 5.15 Å². The summed E-state index contributed by atoms with van der Waals surface area (Å²) in [4.78, 5) is 15.7. The summed E-state index contributed by atoms with van der Waals surface area (Å²) in [6.07, 6.45) is 0.942. The van der Waals surface area contributed by atoms with Crippen molar-refractivity contribution in [2.75, 3.05) is 0 Å². The van der Waals surface area contributed by atoms with Crippen LogP contribution in [-0.4, -0.2) is 9.55 Å². The van der Waals surface area contributed by atoms with Crippen LogP contribution in [0.15, 0.2) is 10.9 Å². The molecule has 0 aliphatic carbocycles. The Kier molecular flexibility index (Phi) is 3.55. The van der Waals surface area contributed by atoms with Gasteiger partial charge in [0.05, 0.1) is 0 Å². The molecule has 0 spiro atoms. The van der Waals surface area contributed by atoms with Crippen molar-refractivity contribution in [3.8, 4) is 0 Å². The predicted octanol–water partition coefficient (Wildman–Crippen LogP) is 2.64. The van der Waals surface area contributed by atoms with E-state index in [9.17, 15) is 4.79 Å². The molecular weight excluding hydrogens is 212 g/mol. The lowest BCUT2D eigenvalue weighted by atomic mass is 9.92. The average molecular weight is 229 g/mol. The summed E-state index contributed by atoms with van der Waals surface area (Å²) in [6, 6.07) is 1.36. The first-order valence-electron chi connectivity index (χ1n) is 5.03. The van der Waals surface area contributed by atoms with Crippen molar-refractivity contribution in [2.24, 2.45) is 5.41 Å². The van der Waals surface area contributed by atoms with Crippen LogP contribution in [0.3, 0.4) is 0 Å². The van der Waals surface area contributed by atoms with E-state index in [4.69, 9.17) is 11.6 Å². The summed E-state index contributed by atoms with van der Waals surface area (Å²) < 4.78 is 1.66. The number of rotatable bonds is 2. The standard InChI is InChI=1S/C11H17ClN2O/c1-8-13-9(12)7-10(15)14(8)6-5-11(2,3)4/h7H,5-6H2,1-4H3. The molecule has 3 nitrogen and oxygen atoms in total. The Morgan fingerprint density at radius 2 is 2.07 bits per heavy atom. The molecule has 0 aliphatic heterocycles. The Morgan fingerprint density at radius 3 is 2.53 bits per heavy atom. The van der Waals surface area contributed by atoms with Crippen LogP contribution in [0.5, 0.6) is 0 Å². The van der Waals surface area contributed by atoms with Crippen molar-refractivity contribution >= 4 is 11.6 Å². The lowest BCUT2D eigenvalue weighted by molar-refractivity contribution is 0.344. The third kappa shape index (κ3) is 3.67. The van der Waals surface area contributed by atoms with Crippen LogP contribution >= 0.6 is 11.6 Å². The second-order valence-corrected chi connectivity index (χ2v) is 5.31. The molecule has 0 saturated carbocycles. The van der Waals surface area contributed by atoms with Gasteiger partial charge >= 0.3 is 0 Å². The molecule has 4 heteroatoms. The maximum Gasteiger partial charge on any atom is 0.254 e. The Morgan fingerprint density at radius 1 is 1.47 bits per heavy atom. The van der Waals surface area contributed by atoms with Crippen LogP contribution in [-0.2, 0) is 6.54 Å². The van der Waals surface area contributed by atoms with Crippen LogP contribution in [0.4, 0.5) is 0 Å². The van der Waals surface area contributed by atoms with E-state index in [-0.39, 0.29) is 16.1 Å². The van der Waals surface area contributed by atoms with Gasteiger partial charge in [-0.05, 0) is 18.8 Å². The lowest BCUT2D eigenvalue weighted by Gasteiger charge is -2.19. The second kappa shape index (κ2) is 4.35. The Labute approximate surface area is 95.1 Å². The maximum atomic E-state index is 11.6. The van der Waals surface area contributed by atoms with Crippen molar-refractivity contribution in [3.63, 3.8) is 0 Å². The first-order chi connectivity index (χ1) is 6.79. The maximum absolute atomic E-state index is 11.6. The molecule has 1 heterocycles. The largest absolute Gasteiger partial charge is 0.297 e. The van der Waals surface area contributed by atoms with E-state index in [2.05, 4.69) is 25.8 Å². The number of nitrogens with zero attached hydrogens (tertiary/aromatic N) is 2. The summed E-state index contributed by atoms with van der Waals surface area (Å²) in [5, 5.41) is 0.268. The van der Waals surface area contributed by atoms with Gasteiger partial charge in [0.15, 0.2) is 0 Å². The highest BCUT2D eigenvalue weighted by molar-refractivity contribution is 6.29. The van der Waals surface area contributed by atoms with Crippen LogP contribution in [0.1, 0.15) is 33.0 Å². The van der Waals surface area contributed by atoms with E-state index in [1.807, 2.05) is 0 Å². The normalized spacial score (nSPS) is 11.8. The Bertz CT molecular complexity index is 404. The van der Waals surface area contributed by atoms with Crippen molar-refractivity contribution in [2.45, 2.75) is 40.7 Å². The molecular formula is C11H17ClN2O. The van der Waals surface area contributed by atoms with E-state index < -0.39 is 0 Å². The van der Waals surface area contributed by atoms with Gasteiger partial charge in [0.2, 0.25) is 0 Å². The molecule has 1 aromatic rings. The topological polar surface area (TPSA) is 34.9 Å². The summed E-state index contributed by atoms with van der Waals surface area (Å²) >= 11 is 5.69. The summed E-state index contributed by atoms with van der Waals surface area (Å²) in [7, 11) is 0. The molecule has 84 valence electrons. The molecule has 0 radical (unpaired) electrons. The molecule has 0 aliphatic rings. The van der Waals surface area contributed by atoms with Crippen LogP contribution in [0.25, 0.3) is 0 Å². The van der Waals surface area contributed by atoms with Crippen molar-refractivity contribution in [1.29, 1.82) is 0 Å². The monoisotopic (exact) mass is 228 g/mol. The fourth-order valence-electron chi connectivity index (χ4n) is 1.31. The minimum absolute atomic E-state index is 0.0725. The quantitative estimate of drug-likeness (QED) is 0.730. The number of halogens is 1. The molecule has 0 amide bonds. The van der Waals surface area contributed by atoms with E-state index in [1.54, 1.807) is 11.5 Å². The smallest absolute Gasteiger partial charge is 0.254 e. The molecule has 0 bridgehead atoms. The zero-order valence-corrected chi connectivity index (χ0v) is 10.4. The molecule has 0 atom stereocenters. The summed E-state index contributed by atoms with van der Waals surface area (Å²) in [5.41, 5.74) is 0.141. The highest BCUT2D eigenvalue weighted by Gasteiger charge is 2.12. The minimum atomic E-state index is -0.0725. The third-order valence-corrected chi connectivity index (χ3v) is 2.45. The Balaban J connectivity index is 2.91. The average Bonchev–Trinajstić information content (AvgIpc) is 1.99. The first kappa shape index (κ1) is 12.2. The van der Waals surface area contributed by atoms with Crippen molar-refractivity contribution < 1.29 is 0 Å². The lowest BCUT2D eigenvalue weighted by Crippen LogP contribution is -2.25. The van der Waals surface area contributed by atoms with Gasteiger partial charge in [-0.3, -0.25) is 9.36 Å². The SMILES string of the molecule is Cc1nc(Cl)cc(=O)n1CCC(C)(C)C. The van der Waals surface area contributed by atoms with E-state index in [1.165, 1.54) is 6.07 Å². The predicted molar refractivity (Wildman–Crippen MR) is 62.3 cm³/mol. The van der Waals surface area contributed by atoms with Gasteiger partial charge in [0, 0.05) is 12.6 Å². The fourth-order valence-corrected chi connectivity index (χ4v) is 1.52. The van der Waals surface area contributed by atoms with Crippen molar-refractivity contribution in [3.05, 3.63) is 27.4 Å². The third-order valence-electron chi connectivity index (χ3n) is 2.25. The van der Waals surface area contributed by atoms with Gasteiger partial charge in [0.1, 0.15) is 11.0 Å². The van der Waals surface area contributed by atoms with Gasteiger partial charge in [-0.2, -0.15) is 0 Å². The Hall–Kier alpha value is -0.830. The highest BCUT2D eigenvalue weighted by atomic mass is 35.5. The molecule has 1 aromatic heterocycles. The highest BCUT2D eigenvalue weighted by Crippen LogP contribution is 2.19.